The number of Topliss-reactive ketones (excluding diaryl/α,β-unsaturated/α-hetero) is 1. The van der Waals surface area contributed by atoms with Crippen molar-refractivity contribution >= 4 is 29.2 Å². The third kappa shape index (κ3) is 9.85. The second kappa shape index (κ2) is 18.4. The van der Waals surface area contributed by atoms with Gasteiger partial charge in [0.15, 0.2) is 17.7 Å². The number of unbranched alkanes of at least 4 members (excludes halogenated alkanes) is 1. The van der Waals surface area contributed by atoms with Gasteiger partial charge in [-0.3, -0.25) is 14.4 Å². The van der Waals surface area contributed by atoms with E-state index in [0.717, 1.165) is 11.9 Å². The number of aryl methyl sites for hydroxylation is 1. The van der Waals surface area contributed by atoms with Crippen LogP contribution in [0.15, 0.2) is 17.8 Å². The Balaban J connectivity index is 1.39. The number of ether oxygens (including phenoxy) is 5. The smallest absolute Gasteiger partial charge is 0.410 e. The van der Waals surface area contributed by atoms with Gasteiger partial charge in [-0.1, -0.05) is 19.1 Å². The molecule has 2 aromatic rings. The van der Waals surface area contributed by atoms with E-state index in [-0.39, 0.29) is 30.5 Å². The maximum absolute atomic E-state index is 16.7. The van der Waals surface area contributed by atoms with Gasteiger partial charge in [-0.25, -0.2) is 19.0 Å². The fourth-order valence-electron chi connectivity index (χ4n) is 8.55. The van der Waals surface area contributed by atoms with Crippen molar-refractivity contribution in [2.45, 2.75) is 159 Å². The zero-order valence-electron chi connectivity index (χ0n) is 35.0. The number of rotatable bonds is 11. The number of carbonyl (C=O) groups is 3. The lowest BCUT2D eigenvalue weighted by Crippen LogP contribution is -2.61. The average Bonchev–Trinajstić information content (AvgIpc) is 3.91. The Labute approximate surface area is 339 Å². The molecule has 18 heteroatoms. The van der Waals surface area contributed by atoms with E-state index < -0.39 is 71.8 Å². The molecule has 0 aromatic carbocycles. The molecule has 5 heterocycles. The maximum Gasteiger partial charge on any atom is 0.410 e. The Kier molecular flexibility index (Phi) is 14.5. The molecule has 0 spiro atoms. The number of nitrogens with one attached hydrogen (secondary N) is 1. The van der Waals surface area contributed by atoms with E-state index in [0.29, 0.717) is 51.0 Å². The van der Waals surface area contributed by atoms with Gasteiger partial charge in [0.25, 0.3) is 5.67 Å². The Hall–Kier alpha value is -3.13. The third-order valence-electron chi connectivity index (χ3n) is 12.0. The van der Waals surface area contributed by atoms with Gasteiger partial charge >= 0.3 is 12.1 Å². The van der Waals surface area contributed by atoms with Crippen LogP contribution in [0.2, 0.25) is 0 Å². The molecule has 5 rings (SSSR count). The number of hydrogen-bond acceptors (Lipinski definition) is 15. The van der Waals surface area contributed by atoms with E-state index >= 15 is 4.39 Å². The zero-order chi connectivity index (χ0) is 41.9. The van der Waals surface area contributed by atoms with Gasteiger partial charge in [-0.05, 0) is 93.3 Å². The first-order valence-electron chi connectivity index (χ1n) is 20.0. The quantitative estimate of drug-likeness (QED) is 0.189. The maximum atomic E-state index is 16.7. The Morgan fingerprint density at radius 1 is 1.14 bits per heavy atom. The fourth-order valence-corrected chi connectivity index (χ4v) is 9.13. The summed E-state index contributed by atoms with van der Waals surface area (Å²) >= 11 is 1.48. The lowest BCUT2D eigenvalue weighted by atomic mass is 9.83. The molecule has 16 nitrogen and oxygen atoms in total. The van der Waals surface area contributed by atoms with Gasteiger partial charge in [-0.15, -0.1) is 16.4 Å². The molecule has 3 aliphatic rings. The number of amides is 1. The predicted octanol–water partition coefficient (Wildman–Crippen LogP) is 4.00. The van der Waals surface area contributed by atoms with Crippen LogP contribution in [-0.2, 0) is 39.8 Å². The minimum atomic E-state index is -3.10. The lowest BCUT2D eigenvalue weighted by molar-refractivity contribution is -0.289. The summed E-state index contributed by atoms with van der Waals surface area (Å²) in [5.74, 6) is -2.57. The van der Waals surface area contributed by atoms with Gasteiger partial charge in [0.2, 0.25) is 0 Å². The van der Waals surface area contributed by atoms with Crippen LogP contribution < -0.4 is 5.32 Å². The topological polar surface area (TPSA) is 180 Å². The minimum absolute atomic E-state index is 0.0966. The van der Waals surface area contributed by atoms with E-state index in [9.17, 15) is 19.5 Å². The number of aliphatic hydroxyl groups is 1. The second-order valence-electron chi connectivity index (χ2n) is 16.8. The standard InChI is InChI=1S/C39H62FN7O9S/c1-11-29-39(7)32(47(36(51)56-39)16-13-12-15-46-22-26(43-44-46)33-41-14-17-57-33)25(4)42-21-23(2)20-37(5,52-10)30(19-28(48)38(6,40)35(50)55-29)54-34-31(49)27(45(8)9)18-24(3)53-34/h14,17,22-25,27,29-32,34,42,49H,11-13,15-16,18-21H2,1-10H3/t23-,24?,25-,27?,29-,30-,31?,32-,34+,37-,38-,39-/m1/s1. The number of cyclic esters (lactones) is 1. The highest BCUT2D eigenvalue weighted by atomic mass is 32.1. The molecule has 57 heavy (non-hydrogen) atoms. The first-order chi connectivity index (χ1) is 26.8. The zero-order valence-corrected chi connectivity index (χ0v) is 35.8. The normalized spacial score (nSPS) is 37.4. The summed E-state index contributed by atoms with van der Waals surface area (Å²) in [7, 11) is 5.19. The second-order valence-corrected chi connectivity index (χ2v) is 17.6. The number of nitrogens with zero attached hydrogens (tertiary/aromatic N) is 6. The van der Waals surface area contributed by atoms with Gasteiger partial charge in [-0.2, -0.15) is 0 Å². The molecule has 3 fully saturated rings. The molecule has 12 atom stereocenters. The Morgan fingerprint density at radius 3 is 2.51 bits per heavy atom. The number of aromatic nitrogens is 4. The number of aliphatic hydroxyl groups excluding tert-OH is 1. The summed E-state index contributed by atoms with van der Waals surface area (Å²) in [6.45, 7) is 13.3. The Morgan fingerprint density at radius 2 is 1.86 bits per heavy atom. The molecule has 2 N–H and O–H groups in total. The molecule has 0 aliphatic carbocycles. The number of alkyl halides is 1. The first-order valence-corrected chi connectivity index (χ1v) is 20.9. The molecular weight excluding hydrogens is 762 g/mol. The monoisotopic (exact) mass is 823 g/mol. The lowest BCUT2D eigenvalue weighted by Gasteiger charge is -2.45. The van der Waals surface area contributed by atoms with E-state index in [4.69, 9.17) is 23.7 Å². The summed E-state index contributed by atoms with van der Waals surface area (Å²) in [5.41, 5.74) is -4.99. The summed E-state index contributed by atoms with van der Waals surface area (Å²) in [6, 6.07) is -1.31. The number of hydrogen-bond donors (Lipinski definition) is 2. The first kappa shape index (κ1) is 45.0. The van der Waals surface area contributed by atoms with Crippen LogP contribution in [0, 0.1) is 5.92 Å². The Bertz CT molecular complexity index is 1670. The van der Waals surface area contributed by atoms with Crippen molar-refractivity contribution in [2.24, 2.45) is 5.92 Å². The van der Waals surface area contributed by atoms with E-state index in [2.05, 4.69) is 20.6 Å². The fraction of sp³-hybridized carbons (Fsp3) is 0.795. The molecule has 3 unspecified atom stereocenters. The van der Waals surface area contributed by atoms with Crippen molar-refractivity contribution in [2.75, 3.05) is 34.3 Å². The van der Waals surface area contributed by atoms with Crippen LogP contribution in [0.1, 0.15) is 87.0 Å². The van der Waals surface area contributed by atoms with Gasteiger partial charge in [0.1, 0.15) is 22.9 Å². The highest BCUT2D eigenvalue weighted by molar-refractivity contribution is 7.13. The van der Waals surface area contributed by atoms with Crippen LogP contribution in [0.25, 0.3) is 10.7 Å². The SMILES string of the molecule is CC[C@H]1OC(=O)[C@](C)(F)C(=O)C[C@@H](O[C@@H]2OC(C)CC(N(C)C)C2O)[C@](C)(OC)C[C@@H](C)CN[C@H](C)[C@H]2N(CCCCn3cc(-c4nccs4)nn3)C(=O)O[C@]12C. The van der Waals surface area contributed by atoms with Gasteiger partial charge in [0.05, 0.1) is 30.0 Å². The molecule has 320 valence electrons. The number of thiazole rings is 1. The number of carbonyl (C=O) groups excluding carboxylic acids is 3. The number of esters is 1. The summed E-state index contributed by atoms with van der Waals surface area (Å²) in [6.07, 6.45) is 0.0451. The van der Waals surface area contributed by atoms with Crippen LogP contribution in [0.5, 0.6) is 0 Å². The van der Waals surface area contributed by atoms with Crippen molar-refractivity contribution in [3.05, 3.63) is 17.8 Å². The highest BCUT2D eigenvalue weighted by Gasteiger charge is 2.59. The minimum Gasteiger partial charge on any atom is -0.455 e. The van der Waals surface area contributed by atoms with Crippen LogP contribution in [0.4, 0.5) is 9.18 Å². The summed E-state index contributed by atoms with van der Waals surface area (Å²) < 4.78 is 48.9. The average molecular weight is 824 g/mol. The van der Waals surface area contributed by atoms with E-state index in [1.165, 1.54) is 18.4 Å². The van der Waals surface area contributed by atoms with Crippen molar-refractivity contribution < 1.29 is 47.6 Å². The molecule has 3 saturated heterocycles. The number of likely N-dealkylation sites (N-methyl/N-ethyl adjacent to an activating group) is 1. The molecule has 1 amide bonds. The summed E-state index contributed by atoms with van der Waals surface area (Å²) in [4.78, 5) is 49.3. The number of halogens is 1. The molecular formula is C39H62FN7O9S. The number of methoxy groups -OCH3 is 1. The molecule has 2 aromatic heterocycles. The van der Waals surface area contributed by atoms with Crippen molar-refractivity contribution in [1.82, 2.24) is 35.1 Å². The molecule has 0 radical (unpaired) electrons. The largest absolute Gasteiger partial charge is 0.455 e. The van der Waals surface area contributed by atoms with Crippen molar-refractivity contribution in [3.8, 4) is 10.7 Å². The number of fused-ring (bicyclic) bond motifs is 1. The highest BCUT2D eigenvalue weighted by Crippen LogP contribution is 2.40. The third-order valence-corrected chi connectivity index (χ3v) is 12.8. The predicted molar refractivity (Wildman–Crippen MR) is 209 cm³/mol. The van der Waals surface area contributed by atoms with Crippen LogP contribution in [-0.4, -0.2) is 153 Å². The molecule has 0 bridgehead atoms. The van der Waals surface area contributed by atoms with Crippen LogP contribution in [0.3, 0.4) is 0 Å². The van der Waals surface area contributed by atoms with Crippen molar-refractivity contribution in [1.29, 1.82) is 0 Å². The van der Waals surface area contributed by atoms with E-state index in [1.807, 2.05) is 51.3 Å². The van der Waals surface area contributed by atoms with Gasteiger partial charge < -0.3 is 39.0 Å². The molecule has 0 saturated carbocycles. The summed E-state index contributed by atoms with van der Waals surface area (Å²) in [5, 5.41) is 26.0. The van der Waals surface area contributed by atoms with Crippen molar-refractivity contribution in [3.63, 3.8) is 0 Å². The van der Waals surface area contributed by atoms with Crippen LogP contribution >= 0.6 is 11.3 Å². The van der Waals surface area contributed by atoms with E-state index in [1.54, 1.807) is 36.5 Å². The van der Waals surface area contributed by atoms with Gasteiger partial charge in [0, 0.05) is 50.3 Å². The molecule has 3 aliphatic heterocycles. The number of ketones is 1.